The molecule has 0 bridgehead atoms. The van der Waals surface area contributed by atoms with Crippen LogP contribution >= 0.6 is 47.5 Å². The molecule has 114 valence electrons. The number of nitrogens with one attached hydrogen (secondary N) is 2. The highest BCUT2D eigenvalue weighted by Crippen LogP contribution is 2.27. The molecule has 3 unspecified atom stereocenters. The number of rotatable bonds is 6. The molecule has 0 aliphatic heterocycles. The zero-order valence-corrected chi connectivity index (χ0v) is 16.4. The molecule has 1 saturated carbocycles. The molecule has 0 spiro atoms. The summed E-state index contributed by atoms with van der Waals surface area (Å²) in [6, 6.07) is 0.602. The summed E-state index contributed by atoms with van der Waals surface area (Å²) in [5.74, 6) is 0.991. The van der Waals surface area contributed by atoms with Gasteiger partial charge in [-0.15, -0.1) is 24.0 Å². The third kappa shape index (κ3) is 7.90. The first-order chi connectivity index (χ1) is 8.69. The largest absolute Gasteiger partial charge is 0.357 e. The van der Waals surface area contributed by atoms with E-state index in [-0.39, 0.29) is 24.0 Å². The van der Waals surface area contributed by atoms with Gasteiger partial charge in [-0.05, 0) is 38.7 Å². The molecule has 0 heterocycles. The van der Waals surface area contributed by atoms with Gasteiger partial charge in [0.25, 0.3) is 0 Å². The molecule has 0 saturated heterocycles. The highest BCUT2D eigenvalue weighted by Gasteiger charge is 2.24. The lowest BCUT2D eigenvalue weighted by Gasteiger charge is -2.17. The quantitative estimate of drug-likeness (QED) is 0.396. The summed E-state index contributed by atoms with van der Waals surface area (Å²) < 4.78 is 0. The number of halogens is 1. The molecule has 3 atom stereocenters. The molecule has 1 fully saturated rings. The van der Waals surface area contributed by atoms with Gasteiger partial charge in [0.2, 0.25) is 0 Å². The van der Waals surface area contributed by atoms with E-state index in [1.165, 1.54) is 19.3 Å². The first kappa shape index (κ1) is 19.7. The predicted octanol–water partition coefficient (Wildman–Crippen LogP) is 3.20. The summed E-state index contributed by atoms with van der Waals surface area (Å²) in [5.41, 5.74) is 0. The van der Waals surface area contributed by atoms with Crippen LogP contribution in [-0.2, 0) is 0 Å². The van der Waals surface area contributed by atoms with E-state index in [9.17, 15) is 0 Å². The average Bonchev–Trinajstić information content (AvgIpc) is 2.83. The van der Waals surface area contributed by atoms with Gasteiger partial charge >= 0.3 is 0 Å². The number of aliphatic imine (C=N–C) groups is 1. The fraction of sp³-hybridized carbons (Fsp3) is 0.923. The summed E-state index contributed by atoms with van der Waals surface area (Å²) in [7, 11) is 0. The Morgan fingerprint density at radius 3 is 2.63 bits per heavy atom. The van der Waals surface area contributed by atoms with Gasteiger partial charge < -0.3 is 10.6 Å². The Bertz CT molecular complexity index is 264. The molecule has 1 rings (SSSR count). The maximum absolute atomic E-state index is 4.67. The monoisotopic (exact) mass is 417 g/mol. The van der Waals surface area contributed by atoms with E-state index in [1.807, 2.05) is 23.5 Å². The van der Waals surface area contributed by atoms with Gasteiger partial charge in [0.05, 0.1) is 6.54 Å². The van der Waals surface area contributed by atoms with Crippen molar-refractivity contribution in [2.45, 2.75) is 49.7 Å². The summed E-state index contributed by atoms with van der Waals surface area (Å²) in [5, 5.41) is 8.34. The Morgan fingerprint density at radius 1 is 1.37 bits per heavy atom. The number of hydrogen-bond acceptors (Lipinski definition) is 3. The van der Waals surface area contributed by atoms with Crippen molar-refractivity contribution >= 4 is 53.5 Å². The van der Waals surface area contributed by atoms with Gasteiger partial charge in [-0.3, -0.25) is 4.99 Å². The molecule has 1 aliphatic carbocycles. The zero-order chi connectivity index (χ0) is 13.4. The third-order valence-corrected chi connectivity index (χ3v) is 5.36. The lowest BCUT2D eigenvalue weighted by Crippen LogP contribution is -2.42. The summed E-state index contributed by atoms with van der Waals surface area (Å²) in [6.07, 6.45) is 8.23. The van der Waals surface area contributed by atoms with Crippen LogP contribution < -0.4 is 10.6 Å². The van der Waals surface area contributed by atoms with E-state index in [2.05, 4.69) is 42.0 Å². The van der Waals surface area contributed by atoms with E-state index in [1.54, 1.807) is 0 Å². The summed E-state index contributed by atoms with van der Waals surface area (Å²) in [6.45, 7) is 6.15. The van der Waals surface area contributed by atoms with Gasteiger partial charge in [-0.1, -0.05) is 6.92 Å². The van der Waals surface area contributed by atoms with Gasteiger partial charge in [0.15, 0.2) is 5.96 Å². The molecule has 6 heteroatoms. The van der Waals surface area contributed by atoms with Crippen molar-refractivity contribution in [1.29, 1.82) is 0 Å². The zero-order valence-electron chi connectivity index (χ0n) is 12.4. The first-order valence-electron chi connectivity index (χ1n) is 6.80. The van der Waals surface area contributed by atoms with E-state index in [0.29, 0.717) is 11.3 Å². The standard InChI is InChI=1S/C13H27N3S2.HI/c1-5-14-13(15-9-10(2)17-3)16-11-6-7-12(8-11)18-4;/h10-12H,5-9H2,1-4H3,(H2,14,15,16);1H. The SMILES string of the molecule is CCNC(=NCC(C)SC)NC1CCC(SC)C1.I. The molecule has 0 aromatic carbocycles. The van der Waals surface area contributed by atoms with Crippen LogP contribution in [0.4, 0.5) is 0 Å². The van der Waals surface area contributed by atoms with Crippen LogP contribution in [0.1, 0.15) is 33.1 Å². The highest BCUT2D eigenvalue weighted by molar-refractivity contribution is 14.0. The minimum atomic E-state index is 0. The van der Waals surface area contributed by atoms with Crippen molar-refractivity contribution in [1.82, 2.24) is 10.6 Å². The summed E-state index contributed by atoms with van der Waals surface area (Å²) >= 11 is 3.86. The van der Waals surface area contributed by atoms with Crippen molar-refractivity contribution in [3.05, 3.63) is 0 Å². The molecule has 19 heavy (non-hydrogen) atoms. The van der Waals surface area contributed by atoms with Gasteiger partial charge in [-0.2, -0.15) is 23.5 Å². The van der Waals surface area contributed by atoms with Crippen molar-refractivity contribution in [2.24, 2.45) is 4.99 Å². The second-order valence-electron chi connectivity index (χ2n) is 4.78. The minimum absolute atomic E-state index is 0. The lowest BCUT2D eigenvalue weighted by molar-refractivity contribution is 0.615. The van der Waals surface area contributed by atoms with Gasteiger partial charge in [-0.25, -0.2) is 0 Å². The van der Waals surface area contributed by atoms with E-state index in [0.717, 1.165) is 24.3 Å². The molecule has 0 radical (unpaired) electrons. The fourth-order valence-corrected chi connectivity index (χ4v) is 3.11. The Kier molecular flexibility index (Phi) is 11.8. The molecular formula is C13H28IN3S2. The molecule has 1 aliphatic rings. The first-order valence-corrected chi connectivity index (χ1v) is 9.37. The minimum Gasteiger partial charge on any atom is -0.357 e. The predicted molar refractivity (Wildman–Crippen MR) is 102 cm³/mol. The summed E-state index contributed by atoms with van der Waals surface area (Å²) in [4.78, 5) is 4.67. The smallest absolute Gasteiger partial charge is 0.191 e. The highest BCUT2D eigenvalue weighted by atomic mass is 127. The van der Waals surface area contributed by atoms with Crippen LogP contribution in [0.3, 0.4) is 0 Å². The van der Waals surface area contributed by atoms with E-state index >= 15 is 0 Å². The molecule has 0 aromatic heterocycles. The number of guanidine groups is 1. The van der Waals surface area contributed by atoms with Gasteiger partial charge in [0, 0.05) is 23.1 Å². The van der Waals surface area contributed by atoms with Crippen molar-refractivity contribution in [2.75, 3.05) is 25.6 Å². The normalized spacial score (nSPS) is 24.7. The Morgan fingerprint density at radius 2 is 2.11 bits per heavy atom. The second kappa shape index (κ2) is 11.4. The van der Waals surface area contributed by atoms with E-state index in [4.69, 9.17) is 0 Å². The number of hydrogen-bond donors (Lipinski definition) is 2. The van der Waals surface area contributed by atoms with Crippen molar-refractivity contribution < 1.29 is 0 Å². The molecule has 2 N–H and O–H groups in total. The maximum Gasteiger partial charge on any atom is 0.191 e. The Hall–Kier alpha value is 0.700. The van der Waals surface area contributed by atoms with Crippen molar-refractivity contribution in [3.63, 3.8) is 0 Å². The fourth-order valence-electron chi connectivity index (χ4n) is 2.09. The Balaban J connectivity index is 0.00000324. The van der Waals surface area contributed by atoms with Crippen LogP contribution in [0.5, 0.6) is 0 Å². The molecule has 0 aromatic rings. The average molecular weight is 417 g/mol. The van der Waals surface area contributed by atoms with Crippen LogP contribution in [-0.4, -0.2) is 48.1 Å². The second-order valence-corrected chi connectivity index (χ2v) is 7.19. The molecule has 0 amide bonds. The van der Waals surface area contributed by atoms with Crippen LogP contribution in [0.2, 0.25) is 0 Å². The van der Waals surface area contributed by atoms with E-state index < -0.39 is 0 Å². The van der Waals surface area contributed by atoms with Crippen molar-refractivity contribution in [3.8, 4) is 0 Å². The Labute approximate surface area is 143 Å². The lowest BCUT2D eigenvalue weighted by atomic mass is 10.2. The maximum atomic E-state index is 4.67. The third-order valence-electron chi connectivity index (χ3n) is 3.31. The van der Waals surface area contributed by atoms with Gasteiger partial charge in [0.1, 0.15) is 0 Å². The van der Waals surface area contributed by atoms with Crippen LogP contribution in [0.25, 0.3) is 0 Å². The molecule has 3 nitrogen and oxygen atoms in total. The number of nitrogens with zero attached hydrogens (tertiary/aromatic N) is 1. The van der Waals surface area contributed by atoms with Crippen LogP contribution in [0, 0.1) is 0 Å². The molecular weight excluding hydrogens is 389 g/mol. The van der Waals surface area contributed by atoms with Crippen LogP contribution in [0.15, 0.2) is 4.99 Å². The number of thioether (sulfide) groups is 2. The topological polar surface area (TPSA) is 36.4 Å².